The maximum atomic E-state index is 4.40. The Kier molecular flexibility index (Phi) is 3.79. The van der Waals surface area contributed by atoms with Crippen LogP contribution in [0.15, 0.2) is 42.5 Å². The zero-order chi connectivity index (χ0) is 14.5. The van der Waals surface area contributed by atoms with Crippen molar-refractivity contribution in [2.24, 2.45) is 0 Å². The Morgan fingerprint density at radius 2 is 1.81 bits per heavy atom. The van der Waals surface area contributed by atoms with Crippen LogP contribution in [-0.4, -0.2) is 27.0 Å². The molecular weight excluding hydrogens is 262 g/mol. The highest BCUT2D eigenvalue weighted by molar-refractivity contribution is 5.72. The predicted octanol–water partition coefficient (Wildman–Crippen LogP) is 2.31. The number of nitrogens with one attached hydrogen (secondary N) is 1. The molecule has 0 spiro atoms. The summed E-state index contributed by atoms with van der Waals surface area (Å²) in [7, 11) is 1.84. The average Bonchev–Trinajstić information content (AvgIpc) is 2.94. The molecule has 0 aliphatic heterocycles. The number of hydrogen-bond acceptors (Lipinski definition) is 4. The summed E-state index contributed by atoms with van der Waals surface area (Å²) in [6.07, 6.45) is 0.687. The Morgan fingerprint density at radius 1 is 1.05 bits per heavy atom. The molecule has 0 radical (unpaired) electrons. The first-order valence-corrected chi connectivity index (χ1v) is 6.79. The number of aromatic nitrogens is 4. The molecule has 5 nitrogen and oxygen atoms in total. The fraction of sp³-hybridized carbons (Fsp3) is 0.188. The van der Waals surface area contributed by atoms with Crippen LogP contribution < -0.4 is 5.32 Å². The molecule has 1 N–H and O–H groups in total. The van der Waals surface area contributed by atoms with Gasteiger partial charge in [-0.3, -0.25) is 0 Å². The first-order valence-electron chi connectivity index (χ1n) is 6.79. The summed E-state index contributed by atoms with van der Waals surface area (Å²) in [6, 6.07) is 13.6. The van der Waals surface area contributed by atoms with E-state index in [1.165, 1.54) is 0 Å². The average molecular weight is 277 g/mol. The molecule has 2 aromatic heterocycles. The van der Waals surface area contributed by atoms with Gasteiger partial charge in [0.2, 0.25) is 0 Å². The monoisotopic (exact) mass is 277 g/mol. The van der Waals surface area contributed by atoms with Crippen molar-refractivity contribution in [3.8, 4) is 11.8 Å². The normalized spacial score (nSPS) is 10.1. The van der Waals surface area contributed by atoms with Gasteiger partial charge in [-0.05, 0) is 30.2 Å². The van der Waals surface area contributed by atoms with Crippen LogP contribution in [-0.2, 0) is 6.54 Å². The molecule has 5 heteroatoms. The zero-order valence-electron chi connectivity index (χ0n) is 11.7. The number of nitrogens with zero attached hydrogens (tertiary/aromatic N) is 4. The van der Waals surface area contributed by atoms with E-state index in [1.54, 1.807) is 4.80 Å². The first-order chi connectivity index (χ1) is 10.3. The van der Waals surface area contributed by atoms with Crippen LogP contribution >= 0.6 is 0 Å². The van der Waals surface area contributed by atoms with Crippen molar-refractivity contribution in [1.29, 1.82) is 0 Å². The zero-order valence-corrected chi connectivity index (χ0v) is 11.7. The van der Waals surface area contributed by atoms with E-state index in [1.807, 2.05) is 49.5 Å². The molecule has 0 aliphatic carbocycles. The van der Waals surface area contributed by atoms with E-state index in [-0.39, 0.29) is 0 Å². The van der Waals surface area contributed by atoms with Crippen LogP contribution in [0, 0.1) is 11.8 Å². The molecule has 0 saturated heterocycles. The molecule has 104 valence electrons. The van der Waals surface area contributed by atoms with E-state index in [4.69, 9.17) is 0 Å². The van der Waals surface area contributed by atoms with Crippen molar-refractivity contribution in [3.63, 3.8) is 0 Å². The molecule has 0 aliphatic rings. The molecule has 3 rings (SSSR count). The highest BCUT2D eigenvalue weighted by atomic mass is 15.5. The minimum Gasteiger partial charge on any atom is -0.373 e. The number of anilines is 1. The van der Waals surface area contributed by atoms with Crippen LogP contribution in [0.25, 0.3) is 11.0 Å². The van der Waals surface area contributed by atoms with Crippen molar-refractivity contribution in [3.05, 3.63) is 48.2 Å². The standard InChI is InChI=1S/C16H15N5/c1-17-16-11-6-8-13(18-16)7-4-5-12-21-19-14-9-2-3-10-15(14)20-21/h2-3,6,8-11H,5,12H2,1H3,(H,17,18). The Morgan fingerprint density at radius 3 is 2.52 bits per heavy atom. The van der Waals surface area contributed by atoms with Gasteiger partial charge in [0, 0.05) is 13.5 Å². The highest BCUT2D eigenvalue weighted by Crippen LogP contribution is 2.07. The number of benzene rings is 1. The molecule has 0 atom stereocenters. The van der Waals surface area contributed by atoms with Crippen LogP contribution in [0.4, 0.5) is 5.82 Å². The minimum absolute atomic E-state index is 0.674. The fourth-order valence-corrected chi connectivity index (χ4v) is 1.96. The van der Waals surface area contributed by atoms with Crippen molar-refractivity contribution in [2.75, 3.05) is 12.4 Å². The first kappa shape index (κ1) is 13.1. The van der Waals surface area contributed by atoms with E-state index < -0.39 is 0 Å². The van der Waals surface area contributed by atoms with E-state index >= 15 is 0 Å². The van der Waals surface area contributed by atoms with E-state index in [0.717, 1.165) is 22.5 Å². The van der Waals surface area contributed by atoms with Gasteiger partial charge in [-0.15, -0.1) is 0 Å². The van der Waals surface area contributed by atoms with Gasteiger partial charge in [0.25, 0.3) is 0 Å². The second kappa shape index (κ2) is 6.06. The molecule has 0 amide bonds. The topological polar surface area (TPSA) is 55.6 Å². The quantitative estimate of drug-likeness (QED) is 0.746. The molecule has 0 saturated carbocycles. The Bertz CT molecular complexity index is 777. The van der Waals surface area contributed by atoms with Crippen LogP contribution in [0.5, 0.6) is 0 Å². The maximum Gasteiger partial charge on any atom is 0.127 e. The van der Waals surface area contributed by atoms with Crippen molar-refractivity contribution < 1.29 is 0 Å². The van der Waals surface area contributed by atoms with Gasteiger partial charge in [-0.2, -0.15) is 15.0 Å². The number of aryl methyl sites for hydroxylation is 1. The van der Waals surface area contributed by atoms with Gasteiger partial charge in [-0.25, -0.2) is 4.98 Å². The van der Waals surface area contributed by atoms with Crippen molar-refractivity contribution >= 4 is 16.9 Å². The Hall–Kier alpha value is -2.87. The third kappa shape index (κ3) is 3.18. The molecule has 0 bridgehead atoms. The fourth-order valence-electron chi connectivity index (χ4n) is 1.96. The summed E-state index contributed by atoms with van der Waals surface area (Å²) in [4.78, 5) is 6.04. The van der Waals surface area contributed by atoms with Gasteiger partial charge >= 0.3 is 0 Å². The highest BCUT2D eigenvalue weighted by Gasteiger charge is 1.99. The number of pyridine rings is 1. The Balaban J connectivity index is 1.64. The summed E-state index contributed by atoms with van der Waals surface area (Å²) < 4.78 is 0. The van der Waals surface area contributed by atoms with Gasteiger partial charge in [0.1, 0.15) is 22.5 Å². The smallest absolute Gasteiger partial charge is 0.127 e. The molecule has 3 aromatic rings. The minimum atomic E-state index is 0.674. The van der Waals surface area contributed by atoms with Crippen LogP contribution in [0.3, 0.4) is 0 Å². The van der Waals surface area contributed by atoms with Gasteiger partial charge in [0.15, 0.2) is 0 Å². The number of fused-ring (bicyclic) bond motifs is 1. The lowest BCUT2D eigenvalue weighted by Crippen LogP contribution is -2.01. The van der Waals surface area contributed by atoms with Crippen LogP contribution in [0.1, 0.15) is 12.1 Å². The van der Waals surface area contributed by atoms with Crippen molar-refractivity contribution in [2.45, 2.75) is 13.0 Å². The second-order valence-electron chi connectivity index (χ2n) is 4.49. The summed E-state index contributed by atoms with van der Waals surface area (Å²) >= 11 is 0. The lowest BCUT2D eigenvalue weighted by molar-refractivity contribution is 0.555. The predicted molar refractivity (Wildman–Crippen MR) is 82.8 cm³/mol. The molecule has 1 aromatic carbocycles. The second-order valence-corrected chi connectivity index (χ2v) is 4.49. The molecular formula is C16H15N5. The van der Waals surface area contributed by atoms with E-state index in [9.17, 15) is 0 Å². The number of rotatable bonds is 3. The summed E-state index contributed by atoms with van der Waals surface area (Å²) in [5.74, 6) is 6.98. The molecule has 21 heavy (non-hydrogen) atoms. The lowest BCUT2D eigenvalue weighted by Gasteiger charge is -1.97. The van der Waals surface area contributed by atoms with Gasteiger partial charge in [-0.1, -0.05) is 24.1 Å². The molecule has 2 heterocycles. The summed E-state index contributed by atoms with van der Waals surface area (Å²) in [5.41, 5.74) is 2.59. The van der Waals surface area contributed by atoms with Crippen LogP contribution in [0.2, 0.25) is 0 Å². The number of hydrogen-bond donors (Lipinski definition) is 1. The van der Waals surface area contributed by atoms with E-state index in [0.29, 0.717) is 13.0 Å². The van der Waals surface area contributed by atoms with Crippen molar-refractivity contribution in [1.82, 2.24) is 20.0 Å². The lowest BCUT2D eigenvalue weighted by atomic mass is 10.3. The SMILES string of the molecule is CNc1cccc(C#CCCn2nc3ccccc3n2)n1. The maximum absolute atomic E-state index is 4.40. The molecule has 0 fully saturated rings. The third-order valence-electron chi connectivity index (χ3n) is 2.99. The molecule has 0 unspecified atom stereocenters. The summed E-state index contributed by atoms with van der Waals surface area (Å²) in [5, 5.41) is 11.8. The third-order valence-corrected chi connectivity index (χ3v) is 2.99. The van der Waals surface area contributed by atoms with Gasteiger partial charge < -0.3 is 5.32 Å². The largest absolute Gasteiger partial charge is 0.373 e. The Labute approximate surface area is 123 Å². The van der Waals surface area contributed by atoms with Gasteiger partial charge in [0.05, 0.1) is 6.54 Å². The summed E-state index contributed by atoms with van der Waals surface area (Å²) in [6.45, 7) is 0.674. The van der Waals surface area contributed by atoms with E-state index in [2.05, 4.69) is 32.3 Å².